The molecule has 0 aromatic carbocycles. The van der Waals surface area contributed by atoms with Gasteiger partial charge in [-0.05, 0) is 19.4 Å². The molecule has 1 fully saturated rings. The standard InChI is InChI=1S/C12H18N2O2/c1-9-5-12(10(8-15)6-13-9)14-4-3-11(7-14)16-2/h5-6,11,15H,3-4,7-8H2,1-2H3. The van der Waals surface area contributed by atoms with Crippen molar-refractivity contribution < 1.29 is 9.84 Å². The number of hydrogen-bond acceptors (Lipinski definition) is 4. The first kappa shape index (κ1) is 11.4. The van der Waals surface area contributed by atoms with Gasteiger partial charge in [-0.15, -0.1) is 0 Å². The van der Waals surface area contributed by atoms with Crippen molar-refractivity contribution in [2.45, 2.75) is 26.1 Å². The van der Waals surface area contributed by atoms with Crippen LogP contribution in [0.5, 0.6) is 0 Å². The van der Waals surface area contributed by atoms with Gasteiger partial charge in [-0.3, -0.25) is 4.98 Å². The van der Waals surface area contributed by atoms with Crippen LogP contribution in [-0.2, 0) is 11.3 Å². The van der Waals surface area contributed by atoms with Crippen LogP contribution in [0.15, 0.2) is 12.3 Å². The highest BCUT2D eigenvalue weighted by Gasteiger charge is 2.23. The summed E-state index contributed by atoms with van der Waals surface area (Å²) < 4.78 is 5.35. The second-order valence-electron chi connectivity index (χ2n) is 4.20. The molecule has 1 N–H and O–H groups in total. The molecule has 1 unspecified atom stereocenters. The summed E-state index contributed by atoms with van der Waals surface area (Å²) >= 11 is 0. The van der Waals surface area contributed by atoms with Crippen molar-refractivity contribution in [1.82, 2.24) is 4.98 Å². The smallest absolute Gasteiger partial charge is 0.0762 e. The van der Waals surface area contributed by atoms with Crippen LogP contribution < -0.4 is 4.90 Å². The summed E-state index contributed by atoms with van der Waals surface area (Å²) in [6.07, 6.45) is 3.10. The Balaban J connectivity index is 2.22. The number of pyridine rings is 1. The van der Waals surface area contributed by atoms with Crippen molar-refractivity contribution in [2.75, 3.05) is 25.1 Å². The predicted molar refractivity (Wildman–Crippen MR) is 62.5 cm³/mol. The van der Waals surface area contributed by atoms with Crippen molar-refractivity contribution >= 4 is 5.69 Å². The zero-order valence-electron chi connectivity index (χ0n) is 9.81. The summed E-state index contributed by atoms with van der Waals surface area (Å²) in [6, 6.07) is 2.03. The molecule has 2 rings (SSSR count). The molecule has 88 valence electrons. The van der Waals surface area contributed by atoms with Crippen molar-refractivity contribution in [3.8, 4) is 0 Å². The first-order valence-corrected chi connectivity index (χ1v) is 5.58. The van der Waals surface area contributed by atoms with Crippen molar-refractivity contribution in [2.24, 2.45) is 0 Å². The predicted octanol–water partition coefficient (Wildman–Crippen LogP) is 1.11. The van der Waals surface area contributed by atoms with Gasteiger partial charge < -0.3 is 14.7 Å². The summed E-state index contributed by atoms with van der Waals surface area (Å²) in [7, 11) is 1.75. The Hall–Kier alpha value is -1.13. The fraction of sp³-hybridized carbons (Fsp3) is 0.583. The lowest BCUT2D eigenvalue weighted by molar-refractivity contribution is 0.121. The first-order valence-electron chi connectivity index (χ1n) is 5.58. The molecule has 0 saturated carbocycles. The second kappa shape index (κ2) is 4.80. The largest absolute Gasteiger partial charge is 0.392 e. The van der Waals surface area contributed by atoms with Gasteiger partial charge in [0, 0.05) is 43.3 Å². The highest BCUT2D eigenvalue weighted by Crippen LogP contribution is 2.25. The van der Waals surface area contributed by atoms with Gasteiger partial charge in [0.25, 0.3) is 0 Å². The molecule has 0 amide bonds. The molecule has 0 radical (unpaired) electrons. The van der Waals surface area contributed by atoms with Gasteiger partial charge in [0.1, 0.15) is 0 Å². The molecule has 2 heterocycles. The van der Waals surface area contributed by atoms with E-state index in [2.05, 4.69) is 9.88 Å². The monoisotopic (exact) mass is 222 g/mol. The minimum atomic E-state index is 0.0385. The quantitative estimate of drug-likeness (QED) is 0.832. The first-order chi connectivity index (χ1) is 7.74. The summed E-state index contributed by atoms with van der Waals surface area (Å²) in [5.41, 5.74) is 2.96. The normalized spacial score (nSPS) is 20.4. The molecular formula is C12H18N2O2. The van der Waals surface area contributed by atoms with E-state index in [1.165, 1.54) is 0 Å². The molecule has 1 saturated heterocycles. The number of aliphatic hydroxyl groups excluding tert-OH is 1. The molecule has 1 aromatic rings. The Labute approximate surface area is 95.9 Å². The van der Waals surface area contributed by atoms with Crippen LogP contribution in [0.4, 0.5) is 5.69 Å². The SMILES string of the molecule is COC1CCN(c2cc(C)ncc2CO)C1. The van der Waals surface area contributed by atoms with Crippen LogP contribution in [0, 0.1) is 6.92 Å². The van der Waals surface area contributed by atoms with Gasteiger partial charge in [-0.2, -0.15) is 0 Å². The van der Waals surface area contributed by atoms with Gasteiger partial charge in [-0.1, -0.05) is 0 Å². The van der Waals surface area contributed by atoms with E-state index >= 15 is 0 Å². The van der Waals surface area contributed by atoms with Crippen LogP contribution in [-0.4, -0.2) is 36.4 Å². The van der Waals surface area contributed by atoms with Gasteiger partial charge >= 0.3 is 0 Å². The lowest BCUT2D eigenvalue weighted by Crippen LogP contribution is -2.23. The number of rotatable bonds is 3. The Morgan fingerprint density at radius 2 is 2.44 bits per heavy atom. The number of aliphatic hydroxyl groups is 1. The van der Waals surface area contributed by atoms with Crippen molar-refractivity contribution in [1.29, 1.82) is 0 Å². The number of methoxy groups -OCH3 is 1. The summed E-state index contributed by atoms with van der Waals surface area (Å²) in [4.78, 5) is 6.46. The van der Waals surface area contributed by atoms with E-state index in [9.17, 15) is 5.11 Å². The van der Waals surface area contributed by atoms with E-state index in [1.807, 2.05) is 13.0 Å². The van der Waals surface area contributed by atoms with Crippen LogP contribution >= 0.6 is 0 Å². The number of ether oxygens (including phenoxy) is 1. The van der Waals surface area contributed by atoms with E-state index in [1.54, 1.807) is 13.3 Å². The van der Waals surface area contributed by atoms with Gasteiger partial charge in [0.2, 0.25) is 0 Å². The maximum absolute atomic E-state index is 9.29. The maximum atomic E-state index is 9.29. The molecule has 4 nitrogen and oxygen atoms in total. The average Bonchev–Trinajstić information content (AvgIpc) is 2.77. The second-order valence-corrected chi connectivity index (χ2v) is 4.20. The molecule has 1 atom stereocenters. The summed E-state index contributed by atoms with van der Waals surface area (Å²) in [6.45, 7) is 3.88. The minimum Gasteiger partial charge on any atom is -0.392 e. The molecule has 0 spiro atoms. The Morgan fingerprint density at radius 3 is 3.06 bits per heavy atom. The zero-order valence-corrected chi connectivity index (χ0v) is 9.81. The molecule has 0 aliphatic carbocycles. The van der Waals surface area contributed by atoms with Crippen molar-refractivity contribution in [3.05, 3.63) is 23.5 Å². The summed E-state index contributed by atoms with van der Waals surface area (Å²) in [5, 5.41) is 9.29. The Morgan fingerprint density at radius 1 is 1.62 bits per heavy atom. The van der Waals surface area contributed by atoms with Crippen LogP contribution in [0.25, 0.3) is 0 Å². The highest BCUT2D eigenvalue weighted by molar-refractivity contribution is 5.54. The number of aryl methyl sites for hydroxylation is 1. The van der Waals surface area contributed by atoms with E-state index in [4.69, 9.17) is 4.74 Å². The van der Waals surface area contributed by atoms with Crippen LogP contribution in [0.1, 0.15) is 17.7 Å². The molecule has 1 aliphatic heterocycles. The van der Waals surface area contributed by atoms with E-state index < -0.39 is 0 Å². The number of aromatic nitrogens is 1. The van der Waals surface area contributed by atoms with E-state index in [-0.39, 0.29) is 6.61 Å². The van der Waals surface area contributed by atoms with Gasteiger partial charge in [0.15, 0.2) is 0 Å². The third-order valence-electron chi connectivity index (χ3n) is 3.09. The molecule has 4 heteroatoms. The number of hydrogen-bond donors (Lipinski definition) is 1. The summed E-state index contributed by atoms with van der Waals surface area (Å²) in [5.74, 6) is 0. The molecule has 0 bridgehead atoms. The molecule has 1 aliphatic rings. The van der Waals surface area contributed by atoms with Crippen LogP contribution in [0.3, 0.4) is 0 Å². The van der Waals surface area contributed by atoms with Crippen molar-refractivity contribution in [3.63, 3.8) is 0 Å². The van der Waals surface area contributed by atoms with Gasteiger partial charge in [-0.25, -0.2) is 0 Å². The number of nitrogens with zero attached hydrogens (tertiary/aromatic N) is 2. The maximum Gasteiger partial charge on any atom is 0.0762 e. The highest BCUT2D eigenvalue weighted by atomic mass is 16.5. The molecule has 1 aromatic heterocycles. The topological polar surface area (TPSA) is 45.6 Å². The number of anilines is 1. The Kier molecular flexibility index (Phi) is 3.41. The van der Waals surface area contributed by atoms with E-state index in [0.29, 0.717) is 6.10 Å². The minimum absolute atomic E-state index is 0.0385. The third kappa shape index (κ3) is 2.18. The molecule has 16 heavy (non-hydrogen) atoms. The average molecular weight is 222 g/mol. The van der Waals surface area contributed by atoms with Crippen LogP contribution in [0.2, 0.25) is 0 Å². The van der Waals surface area contributed by atoms with E-state index in [0.717, 1.165) is 36.5 Å². The Bertz CT molecular complexity index is 368. The lowest BCUT2D eigenvalue weighted by atomic mass is 10.2. The fourth-order valence-corrected chi connectivity index (χ4v) is 2.13. The lowest BCUT2D eigenvalue weighted by Gasteiger charge is -2.21. The zero-order chi connectivity index (χ0) is 11.5. The van der Waals surface area contributed by atoms with Gasteiger partial charge in [0.05, 0.1) is 12.7 Å². The molecular weight excluding hydrogens is 204 g/mol. The fourth-order valence-electron chi connectivity index (χ4n) is 2.13. The third-order valence-corrected chi connectivity index (χ3v) is 3.09.